The molecular formula is C17H23N5O. The molecular weight excluding hydrogens is 290 g/mol. The van der Waals surface area contributed by atoms with Crippen LogP contribution in [-0.2, 0) is 13.0 Å². The number of carbonyl (C=O) groups is 1. The molecule has 6 nitrogen and oxygen atoms in total. The third-order valence-corrected chi connectivity index (χ3v) is 4.35. The van der Waals surface area contributed by atoms with Crippen molar-refractivity contribution in [3.05, 3.63) is 41.2 Å². The molecule has 1 aliphatic heterocycles. The lowest BCUT2D eigenvalue weighted by molar-refractivity contribution is 0.0985. The number of nitrogens with two attached hydrogens (primary N) is 1. The van der Waals surface area contributed by atoms with E-state index in [2.05, 4.69) is 60.1 Å². The molecule has 0 spiro atoms. The fourth-order valence-corrected chi connectivity index (χ4v) is 3.27. The topological polar surface area (TPSA) is 77.0 Å². The van der Waals surface area contributed by atoms with E-state index >= 15 is 0 Å². The molecule has 3 rings (SSSR count). The van der Waals surface area contributed by atoms with Gasteiger partial charge in [-0.3, -0.25) is 9.36 Å². The first-order valence-electron chi connectivity index (χ1n) is 8.06. The normalized spacial score (nSPS) is 17.4. The van der Waals surface area contributed by atoms with Gasteiger partial charge in [0.1, 0.15) is 0 Å². The first-order chi connectivity index (χ1) is 11.0. The number of fused-ring (bicyclic) bond motifs is 1. The van der Waals surface area contributed by atoms with E-state index in [1.807, 2.05) is 4.57 Å². The summed E-state index contributed by atoms with van der Waals surface area (Å²) in [6.07, 6.45) is 0.959. The molecule has 1 aliphatic rings. The van der Waals surface area contributed by atoms with Gasteiger partial charge in [0.15, 0.2) is 0 Å². The molecule has 0 radical (unpaired) electrons. The summed E-state index contributed by atoms with van der Waals surface area (Å²) >= 11 is 0. The molecule has 1 aromatic heterocycles. The maximum atomic E-state index is 11.7. The van der Waals surface area contributed by atoms with E-state index in [1.165, 1.54) is 11.1 Å². The molecule has 0 aliphatic carbocycles. The lowest BCUT2D eigenvalue weighted by Gasteiger charge is -2.36. The maximum absolute atomic E-state index is 11.7. The van der Waals surface area contributed by atoms with Gasteiger partial charge < -0.3 is 10.6 Å². The summed E-state index contributed by atoms with van der Waals surface area (Å²) < 4.78 is 1.86. The van der Waals surface area contributed by atoms with E-state index in [0.29, 0.717) is 12.5 Å². The van der Waals surface area contributed by atoms with Gasteiger partial charge >= 0.3 is 0 Å². The van der Waals surface area contributed by atoms with Crippen LogP contribution in [-0.4, -0.2) is 27.2 Å². The van der Waals surface area contributed by atoms with Gasteiger partial charge in [-0.1, -0.05) is 38.1 Å². The third kappa shape index (κ3) is 2.81. The van der Waals surface area contributed by atoms with Crippen LogP contribution in [0.5, 0.6) is 0 Å². The highest BCUT2D eigenvalue weighted by Crippen LogP contribution is 2.32. The van der Waals surface area contributed by atoms with E-state index in [0.717, 1.165) is 18.9 Å². The van der Waals surface area contributed by atoms with Gasteiger partial charge in [-0.2, -0.15) is 0 Å². The Balaban J connectivity index is 2.01. The quantitative estimate of drug-likeness (QED) is 0.938. The SMILES string of the molecule is CC(C)Cn1c(C(N)=O)nnc1N1CCc2ccccc2C1C. The van der Waals surface area contributed by atoms with Crippen LogP contribution in [0, 0.1) is 5.92 Å². The van der Waals surface area contributed by atoms with Gasteiger partial charge in [-0.15, -0.1) is 10.2 Å². The van der Waals surface area contributed by atoms with Crippen LogP contribution < -0.4 is 10.6 Å². The summed E-state index contributed by atoms with van der Waals surface area (Å²) in [5.41, 5.74) is 8.14. The zero-order valence-electron chi connectivity index (χ0n) is 13.9. The number of carbonyl (C=O) groups excluding carboxylic acids is 1. The van der Waals surface area contributed by atoms with Crippen LogP contribution in [0.15, 0.2) is 24.3 Å². The highest BCUT2D eigenvalue weighted by Gasteiger charge is 2.29. The number of rotatable bonds is 4. The molecule has 2 N–H and O–H groups in total. The van der Waals surface area contributed by atoms with E-state index in [-0.39, 0.29) is 11.9 Å². The van der Waals surface area contributed by atoms with Crippen LogP contribution in [0.3, 0.4) is 0 Å². The summed E-state index contributed by atoms with van der Waals surface area (Å²) in [7, 11) is 0. The molecule has 2 heterocycles. The van der Waals surface area contributed by atoms with Gasteiger partial charge in [-0.05, 0) is 30.4 Å². The molecule has 122 valence electrons. The molecule has 6 heteroatoms. The molecule has 2 aromatic rings. The van der Waals surface area contributed by atoms with E-state index < -0.39 is 5.91 Å². The highest BCUT2D eigenvalue weighted by molar-refractivity contribution is 5.89. The van der Waals surface area contributed by atoms with Crippen LogP contribution >= 0.6 is 0 Å². The van der Waals surface area contributed by atoms with Crippen molar-refractivity contribution in [3.63, 3.8) is 0 Å². The van der Waals surface area contributed by atoms with Crippen LogP contribution in [0.2, 0.25) is 0 Å². The van der Waals surface area contributed by atoms with Crippen molar-refractivity contribution in [2.45, 2.75) is 39.8 Å². The molecule has 0 bridgehead atoms. The Morgan fingerprint density at radius 1 is 1.35 bits per heavy atom. The summed E-state index contributed by atoms with van der Waals surface area (Å²) in [6.45, 7) is 7.89. The molecule has 1 amide bonds. The first-order valence-corrected chi connectivity index (χ1v) is 8.06. The van der Waals surface area contributed by atoms with Crippen molar-refractivity contribution in [2.75, 3.05) is 11.4 Å². The number of nitrogens with zero attached hydrogens (tertiary/aromatic N) is 4. The zero-order chi connectivity index (χ0) is 16.6. The van der Waals surface area contributed by atoms with Crippen LogP contribution in [0.1, 0.15) is 48.6 Å². The summed E-state index contributed by atoms with van der Waals surface area (Å²) in [5.74, 6) is 0.805. The average Bonchev–Trinajstić information content (AvgIpc) is 2.91. The van der Waals surface area contributed by atoms with Crippen molar-refractivity contribution >= 4 is 11.9 Å². The van der Waals surface area contributed by atoms with Gasteiger partial charge in [-0.25, -0.2) is 0 Å². The lowest BCUT2D eigenvalue weighted by Crippen LogP contribution is -2.36. The van der Waals surface area contributed by atoms with E-state index in [9.17, 15) is 4.79 Å². The second kappa shape index (κ2) is 6.02. The lowest BCUT2D eigenvalue weighted by atomic mass is 9.94. The smallest absolute Gasteiger partial charge is 0.286 e. The Morgan fingerprint density at radius 3 is 2.78 bits per heavy atom. The van der Waals surface area contributed by atoms with Crippen molar-refractivity contribution in [3.8, 4) is 0 Å². The number of primary amides is 1. The second-order valence-electron chi connectivity index (χ2n) is 6.51. The molecule has 0 fully saturated rings. The predicted molar refractivity (Wildman–Crippen MR) is 89.3 cm³/mol. The number of benzene rings is 1. The minimum atomic E-state index is -0.533. The monoisotopic (exact) mass is 313 g/mol. The highest BCUT2D eigenvalue weighted by atomic mass is 16.1. The number of aromatic nitrogens is 3. The van der Waals surface area contributed by atoms with Crippen LogP contribution in [0.25, 0.3) is 0 Å². The Bertz CT molecular complexity index is 722. The molecule has 1 unspecified atom stereocenters. The number of anilines is 1. The molecule has 0 saturated heterocycles. The number of hydrogen-bond acceptors (Lipinski definition) is 4. The Morgan fingerprint density at radius 2 is 2.09 bits per heavy atom. The number of hydrogen-bond donors (Lipinski definition) is 1. The minimum absolute atomic E-state index is 0.191. The van der Waals surface area contributed by atoms with Gasteiger partial charge in [0.25, 0.3) is 5.91 Å². The zero-order valence-corrected chi connectivity index (χ0v) is 13.9. The van der Waals surface area contributed by atoms with Crippen molar-refractivity contribution in [2.24, 2.45) is 11.7 Å². The molecule has 1 aromatic carbocycles. The van der Waals surface area contributed by atoms with Crippen molar-refractivity contribution in [1.82, 2.24) is 14.8 Å². The Labute approximate surface area is 136 Å². The Kier molecular flexibility index (Phi) is 4.07. The fourth-order valence-electron chi connectivity index (χ4n) is 3.27. The summed E-state index contributed by atoms with van der Waals surface area (Å²) in [6, 6.07) is 8.66. The predicted octanol–water partition coefficient (Wildman–Crippen LogP) is 2.16. The largest absolute Gasteiger partial charge is 0.363 e. The molecule has 1 atom stereocenters. The first kappa shape index (κ1) is 15.5. The average molecular weight is 313 g/mol. The third-order valence-electron chi connectivity index (χ3n) is 4.35. The van der Waals surface area contributed by atoms with E-state index in [4.69, 9.17) is 5.73 Å². The van der Waals surface area contributed by atoms with Crippen molar-refractivity contribution in [1.29, 1.82) is 0 Å². The summed E-state index contributed by atoms with van der Waals surface area (Å²) in [5, 5.41) is 8.31. The second-order valence-corrected chi connectivity index (χ2v) is 6.51. The van der Waals surface area contributed by atoms with Crippen LogP contribution in [0.4, 0.5) is 5.95 Å². The molecule has 0 saturated carbocycles. The standard InChI is InChI=1S/C17H23N5O/c1-11(2)10-22-16(15(18)23)19-20-17(22)21-9-8-13-6-4-5-7-14(13)12(21)3/h4-7,11-12H,8-10H2,1-3H3,(H2,18,23). The fraction of sp³-hybridized carbons (Fsp3) is 0.471. The number of amides is 1. The van der Waals surface area contributed by atoms with Gasteiger partial charge in [0, 0.05) is 13.1 Å². The molecule has 23 heavy (non-hydrogen) atoms. The minimum Gasteiger partial charge on any atom is -0.363 e. The van der Waals surface area contributed by atoms with Gasteiger partial charge in [0.2, 0.25) is 11.8 Å². The van der Waals surface area contributed by atoms with E-state index in [1.54, 1.807) is 0 Å². The van der Waals surface area contributed by atoms with Gasteiger partial charge in [0.05, 0.1) is 6.04 Å². The maximum Gasteiger partial charge on any atom is 0.286 e. The van der Waals surface area contributed by atoms with Crippen molar-refractivity contribution < 1.29 is 4.79 Å². The Hall–Kier alpha value is -2.37. The summed E-state index contributed by atoms with van der Waals surface area (Å²) in [4.78, 5) is 13.9.